The van der Waals surface area contributed by atoms with Gasteiger partial charge in [0, 0.05) is 0 Å². The first-order valence-electron chi connectivity index (χ1n) is 3.42. The van der Waals surface area contributed by atoms with Crippen LogP contribution in [0.25, 0.3) is 0 Å². The minimum atomic E-state index is -4.31. The van der Waals surface area contributed by atoms with E-state index in [1.165, 1.54) is 0 Å². The van der Waals surface area contributed by atoms with Gasteiger partial charge in [-0.1, -0.05) is 13.8 Å². The molecular weight excluding hydrogens is 177 g/mol. The molecule has 0 aromatic rings. The van der Waals surface area contributed by atoms with E-state index >= 15 is 0 Å². The molecule has 0 aliphatic carbocycles. The molecule has 0 nitrogen and oxygen atoms in total. The Labute approximate surface area is 69.7 Å². The summed E-state index contributed by atoms with van der Waals surface area (Å²) in [7, 11) is 0. The van der Waals surface area contributed by atoms with Gasteiger partial charge in [-0.2, -0.15) is 13.2 Å². The van der Waals surface area contributed by atoms with Crippen LogP contribution in [0.4, 0.5) is 13.2 Å². The predicted molar refractivity (Wildman–Crippen MR) is 39.8 cm³/mol. The van der Waals surface area contributed by atoms with Crippen molar-refractivity contribution in [3.05, 3.63) is 0 Å². The van der Waals surface area contributed by atoms with Crippen LogP contribution in [-0.4, -0.2) is 11.1 Å². The normalized spacial score (nSPS) is 18.5. The van der Waals surface area contributed by atoms with Gasteiger partial charge in [-0.3, -0.25) is 0 Å². The molecule has 0 rings (SSSR count). The van der Waals surface area contributed by atoms with Gasteiger partial charge in [0.25, 0.3) is 0 Å². The minimum Gasteiger partial charge on any atom is -0.169 e. The number of hydrogen-bond donors (Lipinski definition) is 0. The molecule has 1 unspecified atom stereocenters. The molecule has 0 heterocycles. The Morgan fingerprint density at radius 1 is 1.27 bits per heavy atom. The molecule has 0 fully saturated rings. The van der Waals surface area contributed by atoms with E-state index in [-0.39, 0.29) is 12.3 Å². The van der Waals surface area contributed by atoms with Crippen LogP contribution in [0.5, 0.6) is 0 Å². The SMILES string of the molecule is CC(C)CC(C)(Cl)C(F)(F)F. The molecule has 11 heavy (non-hydrogen) atoms. The molecule has 0 aromatic heterocycles. The maximum atomic E-state index is 12.1. The molecule has 4 heteroatoms. The Bertz CT molecular complexity index is 126. The van der Waals surface area contributed by atoms with E-state index in [1.807, 2.05) is 0 Å². The fourth-order valence-corrected chi connectivity index (χ4v) is 1.19. The van der Waals surface area contributed by atoms with Crippen molar-refractivity contribution < 1.29 is 13.2 Å². The Kier molecular flexibility index (Phi) is 3.24. The molecule has 0 spiro atoms. The number of rotatable bonds is 2. The number of halogens is 4. The number of alkyl halides is 4. The van der Waals surface area contributed by atoms with E-state index in [9.17, 15) is 13.2 Å². The predicted octanol–water partition coefficient (Wildman–Crippen LogP) is 3.59. The molecule has 0 aliphatic heterocycles. The van der Waals surface area contributed by atoms with Gasteiger partial charge in [0.15, 0.2) is 0 Å². The third-order valence-electron chi connectivity index (χ3n) is 1.38. The van der Waals surface area contributed by atoms with Gasteiger partial charge in [-0.05, 0) is 19.3 Å². The van der Waals surface area contributed by atoms with Crippen LogP contribution in [0.2, 0.25) is 0 Å². The van der Waals surface area contributed by atoms with Crippen LogP contribution >= 0.6 is 11.6 Å². The van der Waals surface area contributed by atoms with Gasteiger partial charge >= 0.3 is 6.18 Å². The zero-order valence-corrected chi connectivity index (χ0v) is 7.55. The van der Waals surface area contributed by atoms with Gasteiger partial charge in [-0.15, -0.1) is 11.6 Å². The second kappa shape index (κ2) is 3.21. The highest BCUT2D eigenvalue weighted by Gasteiger charge is 2.49. The van der Waals surface area contributed by atoms with E-state index in [4.69, 9.17) is 11.6 Å². The van der Waals surface area contributed by atoms with Crippen molar-refractivity contribution in [3.63, 3.8) is 0 Å². The van der Waals surface area contributed by atoms with E-state index in [2.05, 4.69) is 0 Å². The average molecular weight is 189 g/mol. The first-order chi connectivity index (χ1) is 4.67. The van der Waals surface area contributed by atoms with Crippen LogP contribution in [0.3, 0.4) is 0 Å². The van der Waals surface area contributed by atoms with Gasteiger partial charge in [0.05, 0.1) is 0 Å². The van der Waals surface area contributed by atoms with Crippen molar-refractivity contribution in [2.45, 2.75) is 38.2 Å². The van der Waals surface area contributed by atoms with Crippen molar-refractivity contribution in [1.82, 2.24) is 0 Å². The van der Waals surface area contributed by atoms with Crippen LogP contribution in [0.1, 0.15) is 27.2 Å². The van der Waals surface area contributed by atoms with Crippen molar-refractivity contribution in [2.75, 3.05) is 0 Å². The maximum Gasteiger partial charge on any atom is 0.407 e. The Morgan fingerprint density at radius 3 is 1.73 bits per heavy atom. The quantitative estimate of drug-likeness (QED) is 0.581. The third kappa shape index (κ3) is 3.32. The zero-order valence-electron chi connectivity index (χ0n) is 6.80. The molecule has 68 valence electrons. The van der Waals surface area contributed by atoms with Gasteiger partial charge in [0.1, 0.15) is 4.87 Å². The average Bonchev–Trinajstić information content (AvgIpc) is 1.56. The van der Waals surface area contributed by atoms with E-state index < -0.39 is 11.1 Å². The summed E-state index contributed by atoms with van der Waals surface area (Å²) in [6, 6.07) is 0. The Hall–Kier alpha value is 0.0800. The summed E-state index contributed by atoms with van der Waals surface area (Å²) in [5.41, 5.74) is 0. The van der Waals surface area contributed by atoms with E-state index in [0.717, 1.165) is 6.92 Å². The first kappa shape index (κ1) is 11.1. The molecule has 1 atom stereocenters. The fraction of sp³-hybridized carbons (Fsp3) is 1.00. The van der Waals surface area contributed by atoms with E-state index in [0.29, 0.717) is 0 Å². The molecular formula is C7H12ClF3. The lowest BCUT2D eigenvalue weighted by molar-refractivity contribution is -0.161. The maximum absolute atomic E-state index is 12.1. The summed E-state index contributed by atoms with van der Waals surface area (Å²) in [5, 5.41) is 0. The topological polar surface area (TPSA) is 0 Å². The molecule has 0 N–H and O–H groups in total. The zero-order chi connectivity index (χ0) is 9.28. The summed E-state index contributed by atoms with van der Waals surface area (Å²) in [6.45, 7) is 4.44. The largest absolute Gasteiger partial charge is 0.407 e. The van der Waals surface area contributed by atoms with Crippen molar-refractivity contribution in [2.24, 2.45) is 5.92 Å². The standard InChI is InChI=1S/C7H12ClF3/c1-5(2)4-6(3,8)7(9,10)11/h5H,4H2,1-3H3. The monoisotopic (exact) mass is 188 g/mol. The molecule has 0 saturated carbocycles. The van der Waals surface area contributed by atoms with E-state index in [1.54, 1.807) is 13.8 Å². The summed E-state index contributed by atoms with van der Waals surface area (Å²) >= 11 is 5.28. The highest BCUT2D eigenvalue weighted by Crippen LogP contribution is 2.40. The molecule has 0 amide bonds. The Balaban J connectivity index is 4.22. The highest BCUT2D eigenvalue weighted by atomic mass is 35.5. The van der Waals surface area contributed by atoms with Crippen LogP contribution < -0.4 is 0 Å². The second-order valence-corrected chi connectivity index (χ2v) is 4.13. The minimum absolute atomic E-state index is 0.0425. The van der Waals surface area contributed by atoms with Gasteiger partial charge in [0.2, 0.25) is 0 Å². The number of hydrogen-bond acceptors (Lipinski definition) is 0. The lowest BCUT2D eigenvalue weighted by atomic mass is 9.98. The summed E-state index contributed by atoms with van der Waals surface area (Å²) < 4.78 is 36.2. The van der Waals surface area contributed by atoms with Gasteiger partial charge < -0.3 is 0 Å². The third-order valence-corrected chi connectivity index (χ3v) is 1.75. The summed E-state index contributed by atoms with van der Waals surface area (Å²) in [5.74, 6) is -0.0425. The van der Waals surface area contributed by atoms with Crippen LogP contribution in [-0.2, 0) is 0 Å². The van der Waals surface area contributed by atoms with Crippen molar-refractivity contribution in [3.8, 4) is 0 Å². The summed E-state index contributed by atoms with van der Waals surface area (Å²) in [6.07, 6.45) is -4.35. The van der Waals surface area contributed by atoms with Crippen LogP contribution in [0.15, 0.2) is 0 Å². The highest BCUT2D eigenvalue weighted by molar-refractivity contribution is 6.24. The van der Waals surface area contributed by atoms with Crippen molar-refractivity contribution in [1.29, 1.82) is 0 Å². The summed E-state index contributed by atoms with van der Waals surface area (Å²) in [4.78, 5) is -2.07. The molecule has 0 aromatic carbocycles. The van der Waals surface area contributed by atoms with Crippen molar-refractivity contribution >= 4 is 11.6 Å². The smallest absolute Gasteiger partial charge is 0.169 e. The molecule has 0 saturated heterocycles. The van der Waals surface area contributed by atoms with Crippen LogP contribution in [0, 0.1) is 5.92 Å². The molecule has 0 radical (unpaired) electrons. The lowest BCUT2D eigenvalue weighted by Gasteiger charge is -2.26. The molecule has 0 bridgehead atoms. The first-order valence-corrected chi connectivity index (χ1v) is 3.80. The fourth-order valence-electron chi connectivity index (χ4n) is 0.882. The van der Waals surface area contributed by atoms with Gasteiger partial charge in [-0.25, -0.2) is 0 Å². The molecule has 0 aliphatic rings. The Morgan fingerprint density at radius 2 is 1.64 bits per heavy atom. The second-order valence-electron chi connectivity index (χ2n) is 3.29. The lowest BCUT2D eigenvalue weighted by Crippen LogP contribution is -2.37.